The van der Waals surface area contributed by atoms with Crippen molar-refractivity contribution in [2.24, 2.45) is 0 Å². The van der Waals surface area contributed by atoms with Crippen molar-refractivity contribution < 1.29 is 23.5 Å². The van der Waals surface area contributed by atoms with Gasteiger partial charge in [-0.3, -0.25) is 4.79 Å². The number of nitrogens with one attached hydrogen (secondary N) is 1. The zero-order valence-electron chi connectivity index (χ0n) is 14.2. The molecule has 0 saturated carbocycles. The van der Waals surface area contributed by atoms with Gasteiger partial charge in [-0.15, -0.1) is 0 Å². The third-order valence-electron chi connectivity index (χ3n) is 4.08. The van der Waals surface area contributed by atoms with Crippen molar-refractivity contribution in [3.05, 3.63) is 35.2 Å². The average molecular weight is 349 g/mol. The predicted molar refractivity (Wildman–Crippen MR) is 89.0 cm³/mol. The van der Waals surface area contributed by atoms with E-state index in [2.05, 4.69) is 5.32 Å². The third kappa shape index (κ3) is 3.11. The summed E-state index contributed by atoms with van der Waals surface area (Å²) < 4.78 is 22.7. The fraction of sp³-hybridized carbons (Fsp3) is 0.412. The third-order valence-corrected chi connectivity index (χ3v) is 4.08. The summed E-state index contributed by atoms with van der Waals surface area (Å²) in [6.07, 6.45) is 0. The first-order valence-electron chi connectivity index (χ1n) is 8.06. The second-order valence-corrected chi connectivity index (χ2v) is 5.68. The van der Waals surface area contributed by atoms with Gasteiger partial charge >= 0.3 is 5.97 Å². The van der Waals surface area contributed by atoms with Crippen LogP contribution < -0.4 is 15.0 Å². The van der Waals surface area contributed by atoms with Crippen LogP contribution in [0.3, 0.4) is 0 Å². The van der Waals surface area contributed by atoms with Gasteiger partial charge in [0.05, 0.1) is 36.8 Å². The first-order valence-corrected chi connectivity index (χ1v) is 8.06. The standard InChI is InChI=1S/C17H20FN3O4/c1-3-24-17(23)15-14-9-20(2)16(22)12-8-11(25-7-6-18)4-5-13(12)21(14)10-19-15/h4-5,8,19H,3,6-7,9-10H2,1-2H3. The largest absolute Gasteiger partial charge is 0.491 e. The van der Waals surface area contributed by atoms with E-state index in [-0.39, 0.29) is 25.7 Å². The van der Waals surface area contributed by atoms with Gasteiger partial charge in [-0.1, -0.05) is 0 Å². The summed E-state index contributed by atoms with van der Waals surface area (Å²) >= 11 is 0. The molecule has 3 rings (SSSR count). The van der Waals surface area contributed by atoms with Crippen LogP contribution in [-0.4, -0.2) is 56.9 Å². The molecule has 0 spiro atoms. The van der Waals surface area contributed by atoms with Crippen LogP contribution in [0.1, 0.15) is 17.3 Å². The molecule has 1 aromatic carbocycles. The van der Waals surface area contributed by atoms with Crippen molar-refractivity contribution in [3.63, 3.8) is 0 Å². The number of benzene rings is 1. The zero-order chi connectivity index (χ0) is 18.0. The Labute approximate surface area is 145 Å². The molecule has 0 unspecified atom stereocenters. The summed E-state index contributed by atoms with van der Waals surface area (Å²) in [6.45, 7) is 1.99. The van der Waals surface area contributed by atoms with E-state index in [4.69, 9.17) is 9.47 Å². The van der Waals surface area contributed by atoms with Gasteiger partial charge in [-0.2, -0.15) is 0 Å². The number of hydrogen-bond donors (Lipinski definition) is 1. The number of rotatable bonds is 5. The number of alkyl halides is 1. The molecule has 0 saturated heterocycles. The van der Waals surface area contributed by atoms with Crippen LogP contribution >= 0.6 is 0 Å². The highest BCUT2D eigenvalue weighted by atomic mass is 19.1. The molecule has 1 N–H and O–H groups in total. The van der Waals surface area contributed by atoms with E-state index in [1.165, 1.54) is 4.90 Å². The Morgan fingerprint density at radius 2 is 2.20 bits per heavy atom. The van der Waals surface area contributed by atoms with Crippen molar-refractivity contribution in [2.45, 2.75) is 6.92 Å². The van der Waals surface area contributed by atoms with Gasteiger partial charge in [0.1, 0.15) is 24.7 Å². The van der Waals surface area contributed by atoms with Gasteiger partial charge in [0.2, 0.25) is 0 Å². The molecule has 0 fully saturated rings. The maximum absolute atomic E-state index is 12.7. The lowest BCUT2D eigenvalue weighted by Gasteiger charge is -2.20. The normalized spacial score (nSPS) is 16.2. The number of esters is 1. The molecule has 134 valence electrons. The van der Waals surface area contributed by atoms with Crippen LogP contribution in [0.25, 0.3) is 0 Å². The van der Waals surface area contributed by atoms with E-state index in [0.717, 1.165) is 0 Å². The van der Waals surface area contributed by atoms with Crippen molar-refractivity contribution in [1.82, 2.24) is 10.2 Å². The van der Waals surface area contributed by atoms with Crippen LogP contribution in [0.15, 0.2) is 29.6 Å². The number of carbonyl (C=O) groups is 2. The molecular weight excluding hydrogens is 329 g/mol. The Kier molecular flexibility index (Phi) is 4.78. The number of ether oxygens (including phenoxy) is 2. The topological polar surface area (TPSA) is 71.1 Å². The molecule has 0 radical (unpaired) electrons. The van der Waals surface area contributed by atoms with Crippen LogP contribution in [0.5, 0.6) is 5.75 Å². The van der Waals surface area contributed by atoms with E-state index in [9.17, 15) is 14.0 Å². The summed E-state index contributed by atoms with van der Waals surface area (Å²) in [5.41, 5.74) is 2.17. The summed E-state index contributed by atoms with van der Waals surface area (Å²) in [5.74, 6) is -0.193. The van der Waals surface area contributed by atoms with Gasteiger partial charge in [-0.25, -0.2) is 9.18 Å². The molecule has 8 heteroatoms. The lowest BCUT2D eigenvalue weighted by Crippen LogP contribution is -2.29. The molecule has 1 amide bonds. The fourth-order valence-corrected chi connectivity index (χ4v) is 2.95. The maximum atomic E-state index is 12.7. The highest BCUT2D eigenvalue weighted by Gasteiger charge is 2.35. The Hall–Kier alpha value is -2.77. The number of anilines is 1. The van der Waals surface area contributed by atoms with Gasteiger partial charge in [0, 0.05) is 7.05 Å². The van der Waals surface area contributed by atoms with E-state index in [1.807, 2.05) is 4.90 Å². The Morgan fingerprint density at radius 1 is 1.40 bits per heavy atom. The van der Waals surface area contributed by atoms with Crippen molar-refractivity contribution >= 4 is 17.6 Å². The lowest BCUT2D eigenvalue weighted by molar-refractivity contribution is -0.138. The summed E-state index contributed by atoms with van der Waals surface area (Å²) in [6, 6.07) is 5.04. The minimum absolute atomic E-state index is 0.0632. The molecule has 0 bridgehead atoms. The number of carbonyl (C=O) groups excluding carboxylic acids is 2. The molecular formula is C17H20FN3O4. The van der Waals surface area contributed by atoms with Crippen LogP contribution in [0.4, 0.5) is 10.1 Å². The zero-order valence-corrected chi connectivity index (χ0v) is 14.2. The monoisotopic (exact) mass is 349 g/mol. The summed E-state index contributed by atoms with van der Waals surface area (Å²) in [7, 11) is 1.67. The van der Waals surface area contributed by atoms with E-state index in [1.54, 1.807) is 32.2 Å². The minimum Gasteiger partial charge on any atom is -0.491 e. The molecule has 2 aliphatic rings. The number of amides is 1. The Balaban J connectivity index is 2.02. The van der Waals surface area contributed by atoms with Crippen molar-refractivity contribution in [3.8, 4) is 5.75 Å². The second kappa shape index (κ2) is 7.00. The molecule has 7 nitrogen and oxygen atoms in total. The first kappa shape index (κ1) is 17.1. The first-order chi connectivity index (χ1) is 12.1. The molecule has 2 heterocycles. The minimum atomic E-state index is -0.600. The molecule has 0 aromatic heterocycles. The van der Waals surface area contributed by atoms with Gasteiger partial charge in [-0.05, 0) is 25.1 Å². The van der Waals surface area contributed by atoms with Gasteiger partial charge in [0.15, 0.2) is 0 Å². The Bertz CT molecular complexity index is 735. The van der Waals surface area contributed by atoms with Crippen LogP contribution in [0.2, 0.25) is 0 Å². The number of hydrogen-bond acceptors (Lipinski definition) is 6. The SMILES string of the molecule is CCOC(=O)C1=C2CN(C)C(=O)c3cc(OCCF)ccc3N2CN1. The molecule has 2 aliphatic heterocycles. The maximum Gasteiger partial charge on any atom is 0.356 e. The van der Waals surface area contributed by atoms with Crippen LogP contribution in [-0.2, 0) is 9.53 Å². The Morgan fingerprint density at radius 3 is 2.92 bits per heavy atom. The predicted octanol–water partition coefficient (Wildman–Crippen LogP) is 1.26. The van der Waals surface area contributed by atoms with Crippen LogP contribution in [0, 0.1) is 0 Å². The van der Waals surface area contributed by atoms with Crippen molar-refractivity contribution in [2.75, 3.05) is 45.0 Å². The van der Waals surface area contributed by atoms with Crippen molar-refractivity contribution in [1.29, 1.82) is 0 Å². The number of likely N-dealkylation sites (N-methyl/N-ethyl adjacent to an activating group) is 1. The molecule has 25 heavy (non-hydrogen) atoms. The molecule has 1 aromatic rings. The number of fused-ring (bicyclic) bond motifs is 3. The lowest BCUT2D eigenvalue weighted by atomic mass is 10.1. The van der Waals surface area contributed by atoms with E-state index in [0.29, 0.717) is 35.1 Å². The highest BCUT2D eigenvalue weighted by molar-refractivity contribution is 6.02. The summed E-state index contributed by atoms with van der Waals surface area (Å²) in [4.78, 5) is 28.3. The second-order valence-electron chi connectivity index (χ2n) is 5.68. The fourth-order valence-electron chi connectivity index (χ4n) is 2.95. The van der Waals surface area contributed by atoms with Gasteiger partial charge < -0.3 is 24.6 Å². The number of nitrogens with zero attached hydrogens (tertiary/aromatic N) is 2. The quantitative estimate of drug-likeness (QED) is 0.807. The smallest absolute Gasteiger partial charge is 0.356 e. The average Bonchev–Trinajstić information content (AvgIpc) is 2.98. The summed E-state index contributed by atoms with van der Waals surface area (Å²) in [5, 5.41) is 3.05. The van der Waals surface area contributed by atoms with E-state index >= 15 is 0 Å². The number of halogens is 1. The van der Waals surface area contributed by atoms with Gasteiger partial charge in [0.25, 0.3) is 5.91 Å². The molecule has 0 aliphatic carbocycles. The molecule has 0 atom stereocenters. The highest BCUT2D eigenvalue weighted by Crippen LogP contribution is 2.34. The van der Waals surface area contributed by atoms with E-state index < -0.39 is 12.6 Å².